The minimum atomic E-state index is -0.873. The van der Waals surface area contributed by atoms with Gasteiger partial charge in [0.15, 0.2) is 12.2 Å². The molecule has 1 aliphatic rings. The molecule has 0 unspecified atom stereocenters. The van der Waals surface area contributed by atoms with Crippen LogP contribution in [0.4, 0.5) is 4.39 Å². The second-order valence-corrected chi connectivity index (χ2v) is 8.20. The zero-order chi connectivity index (χ0) is 24.4. The molecule has 34 heavy (non-hydrogen) atoms. The number of aromatic amines is 1. The number of hydrogen-bond acceptors (Lipinski definition) is 6. The number of nitrogens with one attached hydrogen (secondary N) is 1. The third-order valence-electron chi connectivity index (χ3n) is 5.60. The van der Waals surface area contributed by atoms with Crippen LogP contribution in [-0.2, 0) is 19.1 Å². The van der Waals surface area contributed by atoms with Gasteiger partial charge in [0.2, 0.25) is 0 Å². The molecule has 0 spiro atoms. The zero-order valence-electron chi connectivity index (χ0n) is 18.5. The van der Waals surface area contributed by atoms with Crippen molar-refractivity contribution < 1.29 is 28.2 Å². The van der Waals surface area contributed by atoms with E-state index in [4.69, 9.17) is 21.1 Å². The Morgan fingerprint density at radius 2 is 2.00 bits per heavy atom. The Bertz CT molecular complexity index is 1310. The molecule has 3 aromatic rings. The number of carbonyl (C=O) groups excluding carboxylic acids is 2. The van der Waals surface area contributed by atoms with Gasteiger partial charge in [0, 0.05) is 23.9 Å². The predicted octanol–water partition coefficient (Wildman–Crippen LogP) is 3.16. The number of pyridine rings is 1. The van der Waals surface area contributed by atoms with Crippen LogP contribution in [0.15, 0.2) is 47.4 Å². The van der Waals surface area contributed by atoms with E-state index in [9.17, 15) is 18.8 Å². The van der Waals surface area contributed by atoms with E-state index in [1.165, 1.54) is 36.4 Å². The molecule has 0 radical (unpaired) electrons. The topological polar surface area (TPSA) is 97.9 Å². The van der Waals surface area contributed by atoms with Crippen LogP contribution in [0.1, 0.15) is 6.92 Å². The highest BCUT2D eigenvalue weighted by Crippen LogP contribution is 2.33. The van der Waals surface area contributed by atoms with Crippen molar-refractivity contribution in [3.8, 4) is 16.9 Å². The van der Waals surface area contributed by atoms with Crippen molar-refractivity contribution >= 4 is 34.2 Å². The first-order valence-electron chi connectivity index (χ1n) is 10.5. The summed E-state index contributed by atoms with van der Waals surface area (Å²) in [7, 11) is 1.26. The summed E-state index contributed by atoms with van der Waals surface area (Å²) in [4.78, 5) is 41.3. The number of halogens is 2. The van der Waals surface area contributed by atoms with Crippen molar-refractivity contribution in [2.45, 2.75) is 19.1 Å². The summed E-state index contributed by atoms with van der Waals surface area (Å²) >= 11 is 6.22. The molecular weight excluding hydrogens is 467 g/mol. The Morgan fingerprint density at radius 3 is 2.74 bits per heavy atom. The van der Waals surface area contributed by atoms with Gasteiger partial charge in [-0.1, -0.05) is 11.6 Å². The standard InChI is InChI=1S/C24H22ClFN2O6/c1-13(23(30)28-7-8-33-21(12-28)24(31)32-2)34-15-4-6-16-18(10-15)22(29)27-11-19(16)17-5-3-14(26)9-20(17)25/h3-6,9-11,13,21H,7-8,12H2,1-2H3,(H,27,29)/t13-,21+/m1/s1. The molecule has 0 saturated carbocycles. The number of methoxy groups -OCH3 is 1. The SMILES string of the molecule is COC(=O)[C@@H]1CN(C(=O)[C@@H](C)Oc2ccc3c(-c4ccc(F)cc4Cl)c[nH]c(=O)c3c2)CCO1. The van der Waals surface area contributed by atoms with Crippen LogP contribution in [0.25, 0.3) is 21.9 Å². The molecule has 1 amide bonds. The number of morpholine rings is 1. The number of aromatic nitrogens is 1. The van der Waals surface area contributed by atoms with E-state index >= 15 is 0 Å². The van der Waals surface area contributed by atoms with Crippen LogP contribution in [0.5, 0.6) is 5.75 Å². The quantitative estimate of drug-likeness (QED) is 0.554. The molecule has 0 aliphatic carbocycles. The molecule has 1 saturated heterocycles. The summed E-state index contributed by atoms with van der Waals surface area (Å²) in [6.45, 7) is 2.18. The Balaban J connectivity index is 1.57. The maximum atomic E-state index is 13.5. The fourth-order valence-corrected chi connectivity index (χ4v) is 4.15. The van der Waals surface area contributed by atoms with Crippen molar-refractivity contribution in [3.05, 3.63) is 63.8 Å². The molecule has 1 aliphatic heterocycles. The number of rotatable bonds is 5. The van der Waals surface area contributed by atoms with Crippen LogP contribution in [0.3, 0.4) is 0 Å². The second-order valence-electron chi connectivity index (χ2n) is 7.79. The van der Waals surface area contributed by atoms with E-state index in [2.05, 4.69) is 9.72 Å². The van der Waals surface area contributed by atoms with Gasteiger partial charge in [0.1, 0.15) is 11.6 Å². The third-order valence-corrected chi connectivity index (χ3v) is 5.91. The Labute approximate surface area is 199 Å². The first-order valence-corrected chi connectivity index (χ1v) is 10.9. The lowest BCUT2D eigenvalue weighted by Crippen LogP contribution is -2.52. The minimum absolute atomic E-state index is 0.0678. The Morgan fingerprint density at radius 1 is 1.21 bits per heavy atom. The number of hydrogen-bond donors (Lipinski definition) is 1. The number of H-pyrrole nitrogens is 1. The number of carbonyl (C=O) groups is 2. The zero-order valence-corrected chi connectivity index (χ0v) is 19.2. The highest BCUT2D eigenvalue weighted by molar-refractivity contribution is 6.33. The van der Waals surface area contributed by atoms with Crippen LogP contribution in [-0.4, -0.2) is 60.8 Å². The molecule has 1 N–H and O–H groups in total. The summed E-state index contributed by atoms with van der Waals surface area (Å²) in [6, 6.07) is 8.90. The molecule has 1 fully saturated rings. The fraction of sp³-hybridized carbons (Fsp3) is 0.292. The highest BCUT2D eigenvalue weighted by atomic mass is 35.5. The van der Waals surface area contributed by atoms with E-state index in [1.807, 2.05) is 0 Å². The molecule has 1 aromatic heterocycles. The van der Waals surface area contributed by atoms with Crippen molar-refractivity contribution in [1.82, 2.24) is 9.88 Å². The summed E-state index contributed by atoms with van der Waals surface area (Å²) in [6.07, 6.45) is -0.194. The maximum absolute atomic E-state index is 13.5. The van der Waals surface area contributed by atoms with Gasteiger partial charge in [-0.05, 0) is 48.7 Å². The molecule has 4 rings (SSSR count). The van der Waals surface area contributed by atoms with E-state index < -0.39 is 24.0 Å². The molecule has 10 heteroatoms. The van der Waals surface area contributed by atoms with Gasteiger partial charge in [-0.15, -0.1) is 0 Å². The Kier molecular flexibility index (Phi) is 6.85. The van der Waals surface area contributed by atoms with Gasteiger partial charge >= 0.3 is 5.97 Å². The first-order chi connectivity index (χ1) is 16.3. The number of benzene rings is 2. The molecular formula is C24H22ClFN2O6. The maximum Gasteiger partial charge on any atom is 0.336 e. The van der Waals surface area contributed by atoms with Crippen LogP contribution < -0.4 is 10.3 Å². The van der Waals surface area contributed by atoms with Crippen LogP contribution >= 0.6 is 11.6 Å². The van der Waals surface area contributed by atoms with E-state index in [0.717, 1.165) is 0 Å². The molecule has 2 aromatic carbocycles. The van der Waals surface area contributed by atoms with Gasteiger partial charge in [0.05, 0.1) is 30.7 Å². The lowest BCUT2D eigenvalue weighted by Gasteiger charge is -2.33. The number of nitrogens with zero attached hydrogens (tertiary/aromatic N) is 1. The molecule has 2 atom stereocenters. The predicted molar refractivity (Wildman–Crippen MR) is 123 cm³/mol. The summed E-state index contributed by atoms with van der Waals surface area (Å²) in [5.41, 5.74) is 0.835. The highest BCUT2D eigenvalue weighted by Gasteiger charge is 2.32. The van der Waals surface area contributed by atoms with Crippen molar-refractivity contribution in [3.63, 3.8) is 0 Å². The second kappa shape index (κ2) is 9.82. The number of esters is 1. The smallest absolute Gasteiger partial charge is 0.336 e. The molecule has 0 bridgehead atoms. The summed E-state index contributed by atoms with van der Waals surface area (Å²) in [5, 5.41) is 1.13. The minimum Gasteiger partial charge on any atom is -0.481 e. The molecule has 2 heterocycles. The molecule has 178 valence electrons. The van der Waals surface area contributed by atoms with Gasteiger partial charge in [-0.2, -0.15) is 0 Å². The largest absolute Gasteiger partial charge is 0.481 e. The normalized spacial score (nSPS) is 16.8. The van der Waals surface area contributed by atoms with Gasteiger partial charge in [-0.25, -0.2) is 9.18 Å². The monoisotopic (exact) mass is 488 g/mol. The van der Waals surface area contributed by atoms with Crippen molar-refractivity contribution in [1.29, 1.82) is 0 Å². The summed E-state index contributed by atoms with van der Waals surface area (Å²) in [5.74, 6) is -1.01. The fourth-order valence-electron chi connectivity index (χ4n) is 3.88. The van der Waals surface area contributed by atoms with Crippen molar-refractivity contribution in [2.24, 2.45) is 0 Å². The van der Waals surface area contributed by atoms with E-state index in [0.29, 0.717) is 34.2 Å². The summed E-state index contributed by atoms with van der Waals surface area (Å²) < 4.78 is 29.3. The average Bonchev–Trinajstić information content (AvgIpc) is 2.84. The number of amides is 1. The van der Waals surface area contributed by atoms with Crippen LogP contribution in [0.2, 0.25) is 5.02 Å². The first kappa shape index (κ1) is 23.7. The lowest BCUT2D eigenvalue weighted by molar-refractivity contribution is -0.164. The number of ether oxygens (including phenoxy) is 3. The van der Waals surface area contributed by atoms with Gasteiger partial charge in [-0.3, -0.25) is 9.59 Å². The van der Waals surface area contributed by atoms with Gasteiger partial charge in [0.25, 0.3) is 11.5 Å². The van der Waals surface area contributed by atoms with E-state index in [-0.39, 0.29) is 29.6 Å². The molecule has 8 nitrogen and oxygen atoms in total. The Hall–Kier alpha value is -3.43. The third kappa shape index (κ3) is 4.76. The van der Waals surface area contributed by atoms with Crippen molar-refractivity contribution in [2.75, 3.05) is 26.8 Å². The van der Waals surface area contributed by atoms with Crippen LogP contribution in [0, 0.1) is 5.82 Å². The van der Waals surface area contributed by atoms with Gasteiger partial charge < -0.3 is 24.1 Å². The lowest BCUT2D eigenvalue weighted by atomic mass is 10.0. The number of fused-ring (bicyclic) bond motifs is 1. The average molecular weight is 489 g/mol. The van der Waals surface area contributed by atoms with E-state index in [1.54, 1.807) is 25.1 Å².